The van der Waals surface area contributed by atoms with E-state index in [1.54, 1.807) is 31.2 Å². The lowest BCUT2D eigenvalue weighted by Gasteiger charge is -2.14. The van der Waals surface area contributed by atoms with Crippen LogP contribution in [0.15, 0.2) is 72.8 Å². The lowest BCUT2D eigenvalue weighted by atomic mass is 9.96. The van der Waals surface area contributed by atoms with Gasteiger partial charge in [0, 0.05) is 12.1 Å². The Bertz CT molecular complexity index is 909. The molecular formula is C22H19F2NO. The van der Waals surface area contributed by atoms with E-state index in [1.807, 2.05) is 30.3 Å². The maximum absolute atomic E-state index is 14.5. The number of rotatable bonds is 5. The van der Waals surface area contributed by atoms with Gasteiger partial charge in [0.05, 0.1) is 5.92 Å². The molecule has 0 saturated carbocycles. The summed E-state index contributed by atoms with van der Waals surface area (Å²) >= 11 is 0. The maximum atomic E-state index is 14.5. The minimum Gasteiger partial charge on any atom is -0.352 e. The Morgan fingerprint density at radius 3 is 2.42 bits per heavy atom. The lowest BCUT2D eigenvalue weighted by Crippen LogP contribution is -2.27. The van der Waals surface area contributed by atoms with Gasteiger partial charge >= 0.3 is 0 Å². The standard InChI is InChI=1S/C22H19F2NO/c1-15(22(26)25-14-16-6-5-9-19(23)12-16)18-10-11-20(21(24)13-18)17-7-3-2-4-8-17/h2-13,15H,14H2,1H3,(H,25,26)/t15-/m1/s1. The molecule has 0 unspecified atom stereocenters. The summed E-state index contributed by atoms with van der Waals surface area (Å²) < 4.78 is 27.7. The van der Waals surface area contributed by atoms with Crippen LogP contribution in [-0.4, -0.2) is 5.91 Å². The molecule has 3 rings (SSSR count). The smallest absolute Gasteiger partial charge is 0.227 e. The van der Waals surface area contributed by atoms with E-state index < -0.39 is 5.92 Å². The van der Waals surface area contributed by atoms with Crippen molar-refractivity contribution < 1.29 is 13.6 Å². The minimum atomic E-state index is -0.511. The average Bonchev–Trinajstić information content (AvgIpc) is 2.66. The van der Waals surface area contributed by atoms with Crippen molar-refractivity contribution in [3.8, 4) is 11.1 Å². The Kier molecular flexibility index (Phi) is 5.42. The minimum absolute atomic E-state index is 0.228. The van der Waals surface area contributed by atoms with E-state index in [9.17, 15) is 13.6 Å². The van der Waals surface area contributed by atoms with Gasteiger partial charge in [-0.2, -0.15) is 0 Å². The molecule has 0 aliphatic carbocycles. The van der Waals surface area contributed by atoms with Gasteiger partial charge in [-0.25, -0.2) is 8.78 Å². The molecule has 0 fully saturated rings. The first-order chi connectivity index (χ1) is 12.5. The van der Waals surface area contributed by atoms with Crippen LogP contribution in [0.1, 0.15) is 24.0 Å². The molecule has 0 bridgehead atoms. The van der Waals surface area contributed by atoms with Crippen LogP contribution in [0.25, 0.3) is 11.1 Å². The van der Waals surface area contributed by atoms with Gasteiger partial charge in [0.1, 0.15) is 11.6 Å². The molecule has 1 atom stereocenters. The number of halogens is 2. The summed E-state index contributed by atoms with van der Waals surface area (Å²) in [4.78, 5) is 12.3. The number of benzene rings is 3. The number of hydrogen-bond donors (Lipinski definition) is 1. The first-order valence-electron chi connectivity index (χ1n) is 8.41. The van der Waals surface area contributed by atoms with Gasteiger partial charge in [-0.3, -0.25) is 4.79 Å². The van der Waals surface area contributed by atoms with Crippen LogP contribution in [-0.2, 0) is 11.3 Å². The SMILES string of the molecule is C[C@@H](C(=O)NCc1cccc(F)c1)c1ccc(-c2ccccc2)c(F)c1. The van der Waals surface area contributed by atoms with Crippen LogP contribution >= 0.6 is 0 Å². The van der Waals surface area contributed by atoms with E-state index in [4.69, 9.17) is 0 Å². The normalized spacial score (nSPS) is 11.8. The fourth-order valence-electron chi connectivity index (χ4n) is 2.79. The molecule has 0 aliphatic rings. The topological polar surface area (TPSA) is 29.1 Å². The fraction of sp³-hybridized carbons (Fsp3) is 0.136. The van der Waals surface area contributed by atoms with E-state index in [1.165, 1.54) is 18.2 Å². The quantitative estimate of drug-likeness (QED) is 0.685. The Morgan fingerprint density at radius 1 is 0.962 bits per heavy atom. The molecule has 3 aromatic rings. The fourth-order valence-corrected chi connectivity index (χ4v) is 2.79. The Hall–Kier alpha value is -3.01. The van der Waals surface area contributed by atoms with Gasteiger partial charge < -0.3 is 5.32 Å². The molecule has 2 nitrogen and oxygen atoms in total. The van der Waals surface area contributed by atoms with Crippen molar-refractivity contribution in [2.75, 3.05) is 0 Å². The zero-order valence-corrected chi connectivity index (χ0v) is 14.4. The molecule has 0 spiro atoms. The summed E-state index contributed by atoms with van der Waals surface area (Å²) in [7, 11) is 0. The van der Waals surface area contributed by atoms with Crippen molar-refractivity contribution >= 4 is 5.91 Å². The molecule has 0 saturated heterocycles. The molecule has 132 valence electrons. The molecule has 26 heavy (non-hydrogen) atoms. The van der Waals surface area contributed by atoms with Crippen molar-refractivity contribution in [3.05, 3.63) is 95.6 Å². The van der Waals surface area contributed by atoms with Crippen LogP contribution < -0.4 is 5.32 Å². The second kappa shape index (κ2) is 7.91. The Labute approximate surface area is 151 Å². The van der Waals surface area contributed by atoms with Gasteiger partial charge in [-0.05, 0) is 41.8 Å². The molecule has 1 N–H and O–H groups in total. The van der Waals surface area contributed by atoms with Crippen molar-refractivity contribution in [1.82, 2.24) is 5.32 Å². The lowest BCUT2D eigenvalue weighted by molar-refractivity contribution is -0.122. The average molecular weight is 351 g/mol. The predicted molar refractivity (Wildman–Crippen MR) is 98.5 cm³/mol. The second-order valence-electron chi connectivity index (χ2n) is 6.17. The number of carbonyl (C=O) groups excluding carboxylic acids is 1. The number of amides is 1. The molecule has 3 aromatic carbocycles. The van der Waals surface area contributed by atoms with E-state index in [-0.39, 0.29) is 24.1 Å². The first kappa shape index (κ1) is 17.8. The van der Waals surface area contributed by atoms with E-state index in [0.29, 0.717) is 16.7 Å². The zero-order valence-electron chi connectivity index (χ0n) is 14.4. The second-order valence-corrected chi connectivity index (χ2v) is 6.17. The van der Waals surface area contributed by atoms with E-state index in [2.05, 4.69) is 5.32 Å². The molecule has 0 heterocycles. The molecule has 0 radical (unpaired) electrons. The van der Waals surface area contributed by atoms with Crippen molar-refractivity contribution in [3.63, 3.8) is 0 Å². The molecular weight excluding hydrogens is 332 g/mol. The Morgan fingerprint density at radius 2 is 1.73 bits per heavy atom. The maximum Gasteiger partial charge on any atom is 0.227 e. The highest BCUT2D eigenvalue weighted by atomic mass is 19.1. The highest BCUT2D eigenvalue weighted by Crippen LogP contribution is 2.26. The third-order valence-corrected chi connectivity index (χ3v) is 4.33. The summed E-state index contributed by atoms with van der Waals surface area (Å²) in [6.45, 7) is 1.95. The van der Waals surface area contributed by atoms with E-state index in [0.717, 1.165) is 5.56 Å². The predicted octanol–water partition coefficient (Wildman–Crippen LogP) is 5.05. The first-order valence-corrected chi connectivity index (χ1v) is 8.41. The van der Waals surface area contributed by atoms with Crippen molar-refractivity contribution in [2.24, 2.45) is 0 Å². The summed E-state index contributed by atoms with van der Waals surface area (Å²) in [5.74, 6) is -1.45. The van der Waals surface area contributed by atoms with Crippen molar-refractivity contribution in [2.45, 2.75) is 19.4 Å². The van der Waals surface area contributed by atoms with Crippen molar-refractivity contribution in [1.29, 1.82) is 0 Å². The molecule has 0 aliphatic heterocycles. The molecule has 1 amide bonds. The van der Waals surface area contributed by atoms with Gasteiger partial charge in [0.15, 0.2) is 0 Å². The number of nitrogens with one attached hydrogen (secondary N) is 1. The van der Waals surface area contributed by atoms with Gasteiger partial charge in [0.2, 0.25) is 5.91 Å². The molecule has 0 aromatic heterocycles. The summed E-state index contributed by atoms with van der Waals surface area (Å²) in [5.41, 5.74) is 2.57. The highest BCUT2D eigenvalue weighted by molar-refractivity contribution is 5.83. The number of hydrogen-bond acceptors (Lipinski definition) is 1. The van der Waals surface area contributed by atoms with Crippen LogP contribution in [0.2, 0.25) is 0 Å². The van der Waals surface area contributed by atoms with Gasteiger partial charge in [-0.15, -0.1) is 0 Å². The van der Waals surface area contributed by atoms with Crippen LogP contribution in [0.5, 0.6) is 0 Å². The third-order valence-electron chi connectivity index (χ3n) is 4.33. The van der Waals surface area contributed by atoms with Crippen LogP contribution in [0.3, 0.4) is 0 Å². The largest absolute Gasteiger partial charge is 0.352 e. The summed E-state index contributed by atoms with van der Waals surface area (Å²) in [6.07, 6.45) is 0. The van der Waals surface area contributed by atoms with Crippen LogP contribution in [0, 0.1) is 11.6 Å². The third kappa shape index (κ3) is 4.14. The summed E-state index contributed by atoms with van der Waals surface area (Å²) in [6, 6.07) is 20.2. The van der Waals surface area contributed by atoms with E-state index >= 15 is 0 Å². The zero-order chi connectivity index (χ0) is 18.5. The Balaban J connectivity index is 1.70. The van der Waals surface area contributed by atoms with Gasteiger partial charge in [-0.1, -0.05) is 54.6 Å². The highest BCUT2D eigenvalue weighted by Gasteiger charge is 2.17. The van der Waals surface area contributed by atoms with Crippen LogP contribution in [0.4, 0.5) is 8.78 Å². The number of carbonyl (C=O) groups is 1. The molecule has 4 heteroatoms. The monoisotopic (exact) mass is 351 g/mol. The van der Waals surface area contributed by atoms with Gasteiger partial charge in [0.25, 0.3) is 0 Å². The summed E-state index contributed by atoms with van der Waals surface area (Å²) in [5, 5.41) is 2.76.